The Bertz CT molecular complexity index is 442. The molecule has 0 radical (unpaired) electrons. The zero-order valence-corrected chi connectivity index (χ0v) is 14.0. The van der Waals surface area contributed by atoms with Crippen molar-refractivity contribution < 1.29 is 4.79 Å². The molecule has 0 saturated carbocycles. The lowest BCUT2D eigenvalue weighted by Gasteiger charge is -2.30. The maximum absolute atomic E-state index is 12.3. The minimum absolute atomic E-state index is 0.121. The van der Waals surface area contributed by atoms with Crippen LogP contribution in [0.1, 0.15) is 56.5 Å². The van der Waals surface area contributed by atoms with Crippen molar-refractivity contribution in [1.82, 2.24) is 10.3 Å². The zero-order valence-electron chi connectivity index (χ0n) is 13.2. The van der Waals surface area contributed by atoms with Crippen LogP contribution < -0.4 is 11.1 Å². The van der Waals surface area contributed by atoms with E-state index in [2.05, 4.69) is 38.0 Å². The molecule has 114 valence electrons. The second-order valence-corrected chi connectivity index (χ2v) is 7.48. The van der Waals surface area contributed by atoms with Crippen LogP contribution in [0.4, 0.5) is 0 Å². The lowest BCUT2D eigenvalue weighted by Crippen LogP contribution is -2.52. The monoisotopic (exact) mass is 297 g/mol. The van der Waals surface area contributed by atoms with Crippen molar-refractivity contribution in [2.45, 2.75) is 53.0 Å². The van der Waals surface area contributed by atoms with Crippen LogP contribution in [0.25, 0.3) is 0 Å². The first-order valence-electron chi connectivity index (χ1n) is 7.22. The van der Waals surface area contributed by atoms with Gasteiger partial charge >= 0.3 is 0 Å². The van der Waals surface area contributed by atoms with E-state index in [0.717, 1.165) is 17.8 Å². The van der Waals surface area contributed by atoms with Crippen molar-refractivity contribution in [1.29, 1.82) is 0 Å². The van der Waals surface area contributed by atoms with Crippen molar-refractivity contribution in [2.75, 3.05) is 6.54 Å². The number of nitrogens with two attached hydrogens (primary N) is 1. The molecule has 1 unspecified atom stereocenters. The first kappa shape index (κ1) is 17.1. The number of nitrogens with zero attached hydrogens (tertiary/aromatic N) is 1. The highest BCUT2D eigenvalue weighted by atomic mass is 32.1. The second kappa shape index (κ2) is 7.18. The van der Waals surface area contributed by atoms with Gasteiger partial charge in [-0.05, 0) is 25.2 Å². The average molecular weight is 297 g/mol. The summed E-state index contributed by atoms with van der Waals surface area (Å²) in [5.74, 6) is 0.910. The molecule has 1 amide bonds. The summed E-state index contributed by atoms with van der Waals surface area (Å²) in [6.45, 7) is 11.0. The number of nitrogens with one attached hydrogen (secondary N) is 1. The molecular formula is C15H27N3OS. The van der Waals surface area contributed by atoms with Crippen molar-refractivity contribution in [3.63, 3.8) is 0 Å². The van der Waals surface area contributed by atoms with Crippen molar-refractivity contribution in [3.8, 4) is 0 Å². The molecule has 1 atom stereocenters. The second-order valence-electron chi connectivity index (χ2n) is 6.54. The zero-order chi connectivity index (χ0) is 15.3. The van der Waals surface area contributed by atoms with Gasteiger partial charge < -0.3 is 11.1 Å². The third-order valence-electron chi connectivity index (χ3n) is 3.09. The molecule has 0 aromatic carbocycles. The largest absolute Gasteiger partial charge is 0.344 e. The third kappa shape index (κ3) is 5.21. The van der Waals surface area contributed by atoms with Crippen molar-refractivity contribution >= 4 is 17.2 Å². The first-order chi connectivity index (χ1) is 9.25. The Balaban J connectivity index is 2.72. The minimum atomic E-state index is -0.368. The number of thiazole rings is 1. The molecule has 1 heterocycles. The third-order valence-corrected chi connectivity index (χ3v) is 3.96. The van der Waals surface area contributed by atoms with Crippen molar-refractivity contribution in [2.24, 2.45) is 17.6 Å². The number of hydrogen-bond acceptors (Lipinski definition) is 4. The van der Waals surface area contributed by atoms with Gasteiger partial charge in [-0.25, -0.2) is 4.98 Å². The molecule has 4 nitrogen and oxygen atoms in total. The molecule has 5 heteroatoms. The smallest absolute Gasteiger partial charge is 0.271 e. The molecule has 0 aliphatic rings. The van der Waals surface area contributed by atoms with E-state index in [9.17, 15) is 4.79 Å². The molecule has 0 aliphatic heterocycles. The number of rotatable bonds is 7. The highest BCUT2D eigenvalue weighted by Gasteiger charge is 2.27. The van der Waals surface area contributed by atoms with Crippen LogP contribution >= 0.6 is 11.3 Å². The normalized spacial score (nSPS) is 14.6. The summed E-state index contributed by atoms with van der Waals surface area (Å²) in [4.78, 5) is 16.7. The quantitative estimate of drug-likeness (QED) is 0.813. The standard InChI is InChI=1S/C15H27N3OS/c1-10(2)6-13-17-12(8-20-13)14(19)18-15(5,9-16)7-11(3)4/h8,10-11H,6-7,9,16H2,1-5H3,(H,18,19). The van der Waals surface area contributed by atoms with Crippen molar-refractivity contribution in [3.05, 3.63) is 16.1 Å². The highest BCUT2D eigenvalue weighted by molar-refractivity contribution is 7.09. The molecule has 20 heavy (non-hydrogen) atoms. The predicted molar refractivity (Wildman–Crippen MR) is 85.0 cm³/mol. The first-order valence-corrected chi connectivity index (χ1v) is 8.10. The molecular weight excluding hydrogens is 270 g/mol. The molecule has 1 aromatic heterocycles. The van der Waals surface area contributed by atoms with Crippen LogP contribution in [-0.4, -0.2) is 23.0 Å². The van der Waals surface area contributed by atoms with Gasteiger partial charge in [0.1, 0.15) is 5.69 Å². The van der Waals surface area contributed by atoms with E-state index in [1.807, 2.05) is 12.3 Å². The summed E-state index contributed by atoms with van der Waals surface area (Å²) in [6.07, 6.45) is 1.77. The molecule has 0 saturated heterocycles. The van der Waals surface area contributed by atoms with Crippen LogP contribution in [0.15, 0.2) is 5.38 Å². The van der Waals surface area contributed by atoms with Gasteiger partial charge in [0.15, 0.2) is 0 Å². The van der Waals surface area contributed by atoms with Crippen LogP contribution in [-0.2, 0) is 6.42 Å². The summed E-state index contributed by atoms with van der Waals surface area (Å²) in [7, 11) is 0. The van der Waals surface area contributed by atoms with Gasteiger partial charge in [-0.3, -0.25) is 4.79 Å². The van der Waals surface area contributed by atoms with Gasteiger partial charge in [-0.2, -0.15) is 0 Å². The van der Waals surface area contributed by atoms with Gasteiger partial charge in [-0.1, -0.05) is 27.7 Å². The number of amides is 1. The van der Waals surface area contributed by atoms with Gasteiger partial charge in [0.05, 0.1) is 10.5 Å². The van der Waals surface area contributed by atoms with Crippen LogP contribution in [0.2, 0.25) is 0 Å². The molecule has 0 fully saturated rings. The van der Waals surface area contributed by atoms with E-state index >= 15 is 0 Å². The average Bonchev–Trinajstić information content (AvgIpc) is 2.75. The van der Waals surface area contributed by atoms with Gasteiger partial charge in [0.2, 0.25) is 0 Å². The molecule has 1 rings (SSSR count). The van der Waals surface area contributed by atoms with E-state index in [-0.39, 0.29) is 11.4 Å². The summed E-state index contributed by atoms with van der Waals surface area (Å²) in [5, 5.41) is 5.89. The number of carbonyl (C=O) groups excluding carboxylic acids is 1. The lowest BCUT2D eigenvalue weighted by atomic mass is 9.90. The molecule has 0 aliphatic carbocycles. The van der Waals surface area contributed by atoms with E-state index < -0.39 is 0 Å². The maximum Gasteiger partial charge on any atom is 0.271 e. The van der Waals surface area contributed by atoms with Crippen LogP contribution in [0, 0.1) is 11.8 Å². The highest BCUT2D eigenvalue weighted by Crippen LogP contribution is 2.18. The van der Waals surface area contributed by atoms with Crippen LogP contribution in [0.3, 0.4) is 0 Å². The van der Waals surface area contributed by atoms with E-state index in [4.69, 9.17) is 5.73 Å². The summed E-state index contributed by atoms with van der Waals surface area (Å²) in [6, 6.07) is 0. The van der Waals surface area contributed by atoms with Gasteiger partial charge in [-0.15, -0.1) is 11.3 Å². The maximum atomic E-state index is 12.3. The molecule has 0 bridgehead atoms. The SMILES string of the molecule is CC(C)Cc1nc(C(=O)NC(C)(CN)CC(C)C)cs1. The lowest BCUT2D eigenvalue weighted by molar-refractivity contribution is 0.0893. The Hall–Kier alpha value is -0.940. The fourth-order valence-electron chi connectivity index (χ4n) is 2.28. The molecule has 1 aromatic rings. The summed E-state index contributed by atoms with van der Waals surface area (Å²) < 4.78 is 0. The Morgan fingerprint density at radius 3 is 2.55 bits per heavy atom. The molecule has 0 spiro atoms. The van der Waals surface area contributed by atoms with E-state index in [0.29, 0.717) is 24.1 Å². The summed E-state index contributed by atoms with van der Waals surface area (Å²) in [5.41, 5.74) is 5.96. The predicted octanol–water partition coefficient (Wildman–Crippen LogP) is 2.83. The number of hydrogen-bond donors (Lipinski definition) is 2. The topological polar surface area (TPSA) is 68.0 Å². The van der Waals surface area contributed by atoms with E-state index in [1.54, 1.807) is 11.3 Å². The number of aromatic nitrogens is 1. The Morgan fingerprint density at radius 1 is 1.40 bits per heavy atom. The molecule has 3 N–H and O–H groups in total. The minimum Gasteiger partial charge on any atom is -0.344 e. The van der Waals surface area contributed by atoms with Crippen LogP contribution in [0.5, 0.6) is 0 Å². The Labute approximate surface area is 126 Å². The Morgan fingerprint density at radius 2 is 2.05 bits per heavy atom. The van der Waals surface area contributed by atoms with E-state index in [1.165, 1.54) is 0 Å². The van der Waals surface area contributed by atoms with Gasteiger partial charge in [0, 0.05) is 18.3 Å². The fraction of sp³-hybridized carbons (Fsp3) is 0.733. The Kier molecular flexibility index (Phi) is 6.14. The summed E-state index contributed by atoms with van der Waals surface area (Å²) >= 11 is 1.55. The van der Waals surface area contributed by atoms with Gasteiger partial charge in [0.25, 0.3) is 5.91 Å². The number of carbonyl (C=O) groups is 1. The fourth-order valence-corrected chi connectivity index (χ4v) is 3.27.